The first-order valence-electron chi connectivity index (χ1n) is 8.23. The lowest BCUT2D eigenvalue weighted by Crippen LogP contribution is -2.26. The van der Waals surface area contributed by atoms with E-state index in [0.29, 0.717) is 0 Å². The van der Waals surface area contributed by atoms with Crippen molar-refractivity contribution in [1.29, 1.82) is 0 Å². The molecule has 2 aromatic rings. The Labute approximate surface area is 145 Å². The molecule has 23 heavy (non-hydrogen) atoms. The highest BCUT2D eigenvalue weighted by Crippen LogP contribution is 2.20. The second kappa shape index (κ2) is 8.49. The minimum absolute atomic E-state index is 0.720. The lowest BCUT2D eigenvalue weighted by atomic mass is 9.99. The van der Waals surface area contributed by atoms with E-state index in [1.807, 2.05) is 18.2 Å². The minimum atomic E-state index is 0.720. The molecule has 2 N–H and O–H groups in total. The summed E-state index contributed by atoms with van der Waals surface area (Å²) in [6.45, 7) is 10.1. The van der Waals surface area contributed by atoms with Gasteiger partial charge in [-0.05, 0) is 68.1 Å². The molecular formula is C20H27ClN2. The maximum absolute atomic E-state index is 6.12. The van der Waals surface area contributed by atoms with E-state index < -0.39 is 0 Å². The zero-order chi connectivity index (χ0) is 16.8. The summed E-state index contributed by atoms with van der Waals surface area (Å²) >= 11 is 6.12. The van der Waals surface area contributed by atoms with Crippen LogP contribution in [0, 0.1) is 20.8 Å². The molecule has 0 atom stereocenters. The summed E-state index contributed by atoms with van der Waals surface area (Å²) in [5, 5.41) is 0.795. The van der Waals surface area contributed by atoms with Crippen molar-refractivity contribution in [1.82, 2.24) is 4.90 Å². The number of hydrogen-bond acceptors (Lipinski definition) is 2. The molecular weight excluding hydrogens is 304 g/mol. The summed E-state index contributed by atoms with van der Waals surface area (Å²) in [4.78, 5) is 2.46. The molecule has 0 unspecified atom stereocenters. The van der Waals surface area contributed by atoms with Gasteiger partial charge in [-0.2, -0.15) is 0 Å². The molecule has 2 nitrogen and oxygen atoms in total. The molecule has 0 amide bonds. The summed E-state index contributed by atoms with van der Waals surface area (Å²) in [5.74, 6) is 0. The van der Waals surface area contributed by atoms with Gasteiger partial charge in [0, 0.05) is 24.7 Å². The predicted molar refractivity (Wildman–Crippen MR) is 99.9 cm³/mol. The molecule has 0 heterocycles. The quantitative estimate of drug-likeness (QED) is 0.802. The highest BCUT2D eigenvalue weighted by molar-refractivity contribution is 6.30. The summed E-state index contributed by atoms with van der Waals surface area (Å²) in [6, 6.07) is 12.7. The van der Waals surface area contributed by atoms with Crippen LogP contribution in [0.3, 0.4) is 0 Å². The zero-order valence-corrected chi connectivity index (χ0v) is 15.2. The molecule has 0 spiro atoms. The van der Waals surface area contributed by atoms with Crippen LogP contribution >= 0.6 is 11.6 Å². The molecule has 2 rings (SSSR count). The highest BCUT2D eigenvalue weighted by Gasteiger charge is 2.11. The molecule has 0 aromatic heterocycles. The van der Waals surface area contributed by atoms with Gasteiger partial charge in [-0.1, -0.05) is 41.4 Å². The molecule has 0 aliphatic rings. The van der Waals surface area contributed by atoms with Gasteiger partial charge in [0.05, 0.1) is 0 Å². The van der Waals surface area contributed by atoms with Crippen molar-refractivity contribution in [3.8, 4) is 0 Å². The number of halogens is 1. The average molecular weight is 331 g/mol. The van der Waals surface area contributed by atoms with E-state index >= 15 is 0 Å². The minimum Gasteiger partial charge on any atom is -0.330 e. The SMILES string of the molecule is Cc1cc(C)c(CN(CCCN)Cc2cccc(Cl)c2)c(C)c1. The maximum atomic E-state index is 6.12. The van der Waals surface area contributed by atoms with Crippen molar-refractivity contribution in [3.63, 3.8) is 0 Å². The number of rotatable bonds is 7. The van der Waals surface area contributed by atoms with E-state index in [0.717, 1.165) is 37.6 Å². The topological polar surface area (TPSA) is 29.3 Å². The third-order valence-corrected chi connectivity index (χ3v) is 4.43. The van der Waals surface area contributed by atoms with Gasteiger partial charge < -0.3 is 5.73 Å². The largest absolute Gasteiger partial charge is 0.330 e. The predicted octanol–water partition coefficient (Wildman–Crippen LogP) is 4.62. The van der Waals surface area contributed by atoms with Gasteiger partial charge in [-0.3, -0.25) is 4.90 Å². The summed E-state index contributed by atoms with van der Waals surface area (Å²) in [7, 11) is 0. The standard InChI is InChI=1S/C20H27ClN2/c1-15-10-16(2)20(17(3)11-15)14-23(9-5-8-22)13-18-6-4-7-19(21)12-18/h4,6-7,10-12H,5,8-9,13-14,22H2,1-3H3. The van der Waals surface area contributed by atoms with Crippen LogP contribution in [0.25, 0.3) is 0 Å². The van der Waals surface area contributed by atoms with Crippen LogP contribution < -0.4 is 5.73 Å². The van der Waals surface area contributed by atoms with Crippen molar-refractivity contribution in [2.45, 2.75) is 40.3 Å². The molecule has 0 saturated heterocycles. The lowest BCUT2D eigenvalue weighted by Gasteiger charge is -2.24. The highest BCUT2D eigenvalue weighted by atomic mass is 35.5. The van der Waals surface area contributed by atoms with Gasteiger partial charge in [0.25, 0.3) is 0 Å². The number of hydrogen-bond donors (Lipinski definition) is 1. The molecule has 0 saturated carbocycles. The molecule has 0 bridgehead atoms. The Kier molecular flexibility index (Phi) is 6.64. The molecule has 124 valence electrons. The second-order valence-electron chi connectivity index (χ2n) is 6.36. The van der Waals surface area contributed by atoms with Crippen LogP contribution in [0.4, 0.5) is 0 Å². The van der Waals surface area contributed by atoms with Crippen molar-refractivity contribution < 1.29 is 0 Å². The number of aryl methyl sites for hydroxylation is 3. The Morgan fingerprint density at radius 1 is 1.00 bits per heavy atom. The normalized spacial score (nSPS) is 11.2. The van der Waals surface area contributed by atoms with E-state index in [9.17, 15) is 0 Å². The lowest BCUT2D eigenvalue weighted by molar-refractivity contribution is 0.254. The third kappa shape index (κ3) is 5.35. The van der Waals surface area contributed by atoms with Crippen LogP contribution in [0.5, 0.6) is 0 Å². The fourth-order valence-corrected chi connectivity index (χ4v) is 3.32. The fourth-order valence-electron chi connectivity index (χ4n) is 3.11. The average Bonchev–Trinajstić information content (AvgIpc) is 2.48. The monoisotopic (exact) mass is 330 g/mol. The second-order valence-corrected chi connectivity index (χ2v) is 6.80. The number of nitrogens with two attached hydrogens (primary N) is 1. The fraction of sp³-hybridized carbons (Fsp3) is 0.400. The van der Waals surface area contributed by atoms with Crippen molar-refractivity contribution in [2.24, 2.45) is 5.73 Å². The van der Waals surface area contributed by atoms with E-state index in [1.165, 1.54) is 27.8 Å². The molecule has 0 radical (unpaired) electrons. The smallest absolute Gasteiger partial charge is 0.0409 e. The molecule has 0 aliphatic carbocycles. The summed E-state index contributed by atoms with van der Waals surface area (Å²) in [5.41, 5.74) is 12.5. The van der Waals surface area contributed by atoms with Crippen LogP contribution in [0.2, 0.25) is 5.02 Å². The van der Waals surface area contributed by atoms with Gasteiger partial charge >= 0.3 is 0 Å². The van der Waals surface area contributed by atoms with Gasteiger partial charge in [-0.25, -0.2) is 0 Å². The first kappa shape index (κ1) is 18.0. The van der Waals surface area contributed by atoms with Crippen LogP contribution in [0.1, 0.15) is 34.2 Å². The molecule has 0 aliphatic heterocycles. The number of nitrogens with zero attached hydrogens (tertiary/aromatic N) is 1. The van der Waals surface area contributed by atoms with Crippen LogP contribution in [0.15, 0.2) is 36.4 Å². The molecule has 3 heteroatoms. The Bertz CT molecular complexity index is 629. The van der Waals surface area contributed by atoms with Crippen molar-refractivity contribution in [2.75, 3.05) is 13.1 Å². The van der Waals surface area contributed by atoms with E-state index in [2.05, 4.69) is 43.9 Å². The summed E-state index contributed by atoms with van der Waals surface area (Å²) < 4.78 is 0. The Hall–Kier alpha value is -1.35. The maximum Gasteiger partial charge on any atom is 0.0409 e. The van der Waals surface area contributed by atoms with E-state index in [1.54, 1.807) is 0 Å². The van der Waals surface area contributed by atoms with Crippen LogP contribution in [-0.2, 0) is 13.1 Å². The van der Waals surface area contributed by atoms with E-state index in [4.69, 9.17) is 17.3 Å². The third-order valence-electron chi connectivity index (χ3n) is 4.20. The van der Waals surface area contributed by atoms with E-state index in [-0.39, 0.29) is 0 Å². The Morgan fingerprint density at radius 2 is 1.70 bits per heavy atom. The molecule has 0 fully saturated rings. The van der Waals surface area contributed by atoms with Crippen molar-refractivity contribution >= 4 is 11.6 Å². The summed E-state index contributed by atoms with van der Waals surface area (Å²) in [6.07, 6.45) is 1.00. The molecule has 2 aromatic carbocycles. The first-order chi connectivity index (χ1) is 11.0. The Morgan fingerprint density at radius 3 is 2.30 bits per heavy atom. The van der Waals surface area contributed by atoms with Crippen LogP contribution in [-0.4, -0.2) is 18.0 Å². The van der Waals surface area contributed by atoms with Gasteiger partial charge in [-0.15, -0.1) is 0 Å². The Balaban J connectivity index is 2.18. The first-order valence-corrected chi connectivity index (χ1v) is 8.61. The van der Waals surface area contributed by atoms with Gasteiger partial charge in [0.2, 0.25) is 0 Å². The van der Waals surface area contributed by atoms with Crippen molar-refractivity contribution in [3.05, 3.63) is 69.2 Å². The number of benzene rings is 2. The van der Waals surface area contributed by atoms with Gasteiger partial charge in [0.1, 0.15) is 0 Å². The van der Waals surface area contributed by atoms with Gasteiger partial charge in [0.15, 0.2) is 0 Å². The zero-order valence-electron chi connectivity index (χ0n) is 14.4.